The van der Waals surface area contributed by atoms with Gasteiger partial charge in [-0.3, -0.25) is 0 Å². The summed E-state index contributed by atoms with van der Waals surface area (Å²) in [4.78, 5) is 9.28. The lowest BCUT2D eigenvalue weighted by molar-refractivity contribution is 0.620. The molecular formula is C26H15ClN2O2. The maximum Gasteiger partial charge on any atom is 0.227 e. The average Bonchev–Trinajstić information content (AvgIpc) is 3.43. The van der Waals surface area contributed by atoms with Crippen LogP contribution in [0.4, 0.5) is 0 Å². The van der Waals surface area contributed by atoms with Crippen LogP contribution < -0.4 is 0 Å². The van der Waals surface area contributed by atoms with Gasteiger partial charge in [-0.1, -0.05) is 54.1 Å². The first-order valence-electron chi connectivity index (χ1n) is 9.87. The first-order valence-corrected chi connectivity index (χ1v) is 10.2. The average molecular weight is 423 g/mol. The summed E-state index contributed by atoms with van der Waals surface area (Å²) in [6.07, 6.45) is 0. The lowest BCUT2D eigenvalue weighted by atomic mass is 9.97. The molecule has 0 unspecified atom stereocenters. The van der Waals surface area contributed by atoms with Gasteiger partial charge in [-0.15, -0.1) is 0 Å². The number of hydrogen-bond acceptors (Lipinski definition) is 4. The van der Waals surface area contributed by atoms with Gasteiger partial charge in [0.05, 0.1) is 0 Å². The molecular weight excluding hydrogens is 408 g/mol. The van der Waals surface area contributed by atoms with Crippen molar-refractivity contribution in [2.45, 2.75) is 0 Å². The van der Waals surface area contributed by atoms with E-state index in [0.717, 1.165) is 44.5 Å². The molecule has 4 aromatic carbocycles. The van der Waals surface area contributed by atoms with Gasteiger partial charge in [0.1, 0.15) is 11.0 Å². The van der Waals surface area contributed by atoms with Crippen LogP contribution in [0.3, 0.4) is 0 Å². The molecule has 0 saturated carbocycles. The molecule has 0 amide bonds. The van der Waals surface area contributed by atoms with Crippen LogP contribution in [-0.4, -0.2) is 9.97 Å². The number of rotatable bonds is 3. The second-order valence-corrected chi connectivity index (χ2v) is 7.62. The SMILES string of the molecule is Clc1cccc(-c2nc3ccccc3o2)c1-c1cccc(-c2nc3ccccc3o2)c1. The van der Waals surface area contributed by atoms with Crippen molar-refractivity contribution in [3.05, 3.63) is 96.0 Å². The van der Waals surface area contributed by atoms with Crippen LogP contribution in [0.2, 0.25) is 5.02 Å². The molecule has 0 spiro atoms. The van der Waals surface area contributed by atoms with Gasteiger partial charge in [0.2, 0.25) is 11.8 Å². The van der Waals surface area contributed by atoms with E-state index < -0.39 is 0 Å². The normalized spacial score (nSPS) is 11.4. The van der Waals surface area contributed by atoms with Gasteiger partial charge in [0, 0.05) is 21.7 Å². The van der Waals surface area contributed by atoms with Gasteiger partial charge in [-0.2, -0.15) is 0 Å². The Balaban J connectivity index is 1.51. The molecule has 0 aliphatic heterocycles. The molecule has 0 fully saturated rings. The zero-order valence-corrected chi connectivity index (χ0v) is 17.0. The van der Waals surface area contributed by atoms with E-state index in [1.165, 1.54) is 0 Å². The summed E-state index contributed by atoms with van der Waals surface area (Å²) >= 11 is 6.67. The Hall–Kier alpha value is -3.89. The van der Waals surface area contributed by atoms with Gasteiger partial charge in [0.15, 0.2) is 11.2 Å². The minimum atomic E-state index is 0.533. The number of hydrogen-bond donors (Lipinski definition) is 0. The summed E-state index contributed by atoms with van der Waals surface area (Å²) in [5.41, 5.74) is 6.62. The maximum atomic E-state index is 6.67. The molecule has 6 rings (SSSR count). The van der Waals surface area contributed by atoms with E-state index in [9.17, 15) is 0 Å². The number of aromatic nitrogens is 2. The number of benzene rings is 4. The Morgan fingerprint density at radius 1 is 0.581 bits per heavy atom. The Labute approximate surface area is 182 Å². The van der Waals surface area contributed by atoms with Crippen molar-refractivity contribution >= 4 is 33.8 Å². The van der Waals surface area contributed by atoms with Crippen LogP contribution in [0.15, 0.2) is 99.8 Å². The molecule has 4 nitrogen and oxygen atoms in total. The molecule has 0 atom stereocenters. The Morgan fingerprint density at radius 2 is 1.19 bits per heavy atom. The van der Waals surface area contributed by atoms with E-state index in [-0.39, 0.29) is 0 Å². The first-order chi connectivity index (χ1) is 15.3. The highest BCUT2D eigenvalue weighted by Crippen LogP contribution is 2.39. The summed E-state index contributed by atoms with van der Waals surface area (Å²) in [5, 5.41) is 0.620. The molecule has 0 radical (unpaired) electrons. The third-order valence-electron chi connectivity index (χ3n) is 5.23. The van der Waals surface area contributed by atoms with Crippen molar-refractivity contribution in [2.75, 3.05) is 0 Å². The Morgan fingerprint density at radius 3 is 1.94 bits per heavy atom. The van der Waals surface area contributed by atoms with Crippen LogP contribution in [0, 0.1) is 0 Å². The largest absolute Gasteiger partial charge is 0.436 e. The summed E-state index contributed by atoms with van der Waals surface area (Å²) in [5.74, 6) is 1.10. The molecule has 2 heterocycles. The summed E-state index contributed by atoms with van der Waals surface area (Å²) < 4.78 is 12.0. The monoisotopic (exact) mass is 422 g/mol. The van der Waals surface area contributed by atoms with E-state index in [2.05, 4.69) is 9.97 Å². The summed E-state index contributed by atoms with van der Waals surface area (Å²) in [6.45, 7) is 0. The Bertz CT molecular complexity index is 1500. The van der Waals surface area contributed by atoms with E-state index in [4.69, 9.17) is 20.4 Å². The fourth-order valence-corrected chi connectivity index (χ4v) is 4.07. The third kappa shape index (κ3) is 3.09. The minimum absolute atomic E-state index is 0.533. The van der Waals surface area contributed by atoms with Gasteiger partial charge >= 0.3 is 0 Å². The highest BCUT2D eigenvalue weighted by molar-refractivity contribution is 6.34. The highest BCUT2D eigenvalue weighted by atomic mass is 35.5. The number of oxazole rings is 2. The summed E-state index contributed by atoms with van der Waals surface area (Å²) in [6, 6.07) is 29.2. The molecule has 2 aromatic heterocycles. The topological polar surface area (TPSA) is 52.1 Å². The Kier molecular flexibility index (Phi) is 4.11. The van der Waals surface area contributed by atoms with Gasteiger partial charge in [-0.25, -0.2) is 9.97 Å². The number of para-hydroxylation sites is 4. The lowest BCUT2D eigenvalue weighted by Gasteiger charge is -2.10. The third-order valence-corrected chi connectivity index (χ3v) is 5.54. The van der Waals surface area contributed by atoms with Gasteiger partial charge < -0.3 is 8.83 Å². The fraction of sp³-hybridized carbons (Fsp3) is 0. The van der Waals surface area contributed by atoms with Crippen molar-refractivity contribution < 1.29 is 8.83 Å². The minimum Gasteiger partial charge on any atom is -0.436 e. The zero-order chi connectivity index (χ0) is 20.8. The molecule has 5 heteroatoms. The highest BCUT2D eigenvalue weighted by Gasteiger charge is 2.17. The predicted octanol–water partition coefficient (Wildman–Crippen LogP) is 7.62. The van der Waals surface area contributed by atoms with Gasteiger partial charge in [-0.05, 0) is 54.1 Å². The summed E-state index contributed by atoms with van der Waals surface area (Å²) in [7, 11) is 0. The molecule has 6 aromatic rings. The van der Waals surface area contributed by atoms with E-state index in [1.807, 2.05) is 91.0 Å². The number of fused-ring (bicyclic) bond motifs is 2. The number of halogens is 1. The zero-order valence-electron chi connectivity index (χ0n) is 16.2. The molecule has 0 saturated heterocycles. The molecule has 0 aliphatic rings. The smallest absolute Gasteiger partial charge is 0.227 e. The molecule has 148 valence electrons. The number of nitrogens with zero attached hydrogens (tertiary/aromatic N) is 2. The van der Waals surface area contributed by atoms with Crippen LogP contribution in [0.1, 0.15) is 0 Å². The van der Waals surface area contributed by atoms with Crippen molar-refractivity contribution in [3.8, 4) is 34.0 Å². The predicted molar refractivity (Wildman–Crippen MR) is 123 cm³/mol. The molecule has 31 heavy (non-hydrogen) atoms. The maximum absolute atomic E-state index is 6.67. The van der Waals surface area contributed by atoms with E-state index >= 15 is 0 Å². The van der Waals surface area contributed by atoms with Crippen LogP contribution in [0.5, 0.6) is 0 Å². The second-order valence-electron chi connectivity index (χ2n) is 7.22. The molecule has 0 bridgehead atoms. The van der Waals surface area contributed by atoms with E-state index in [0.29, 0.717) is 16.8 Å². The van der Waals surface area contributed by atoms with Crippen molar-refractivity contribution in [1.82, 2.24) is 9.97 Å². The van der Waals surface area contributed by atoms with Crippen LogP contribution in [-0.2, 0) is 0 Å². The van der Waals surface area contributed by atoms with E-state index in [1.54, 1.807) is 0 Å². The first kappa shape index (κ1) is 17.9. The van der Waals surface area contributed by atoms with Crippen LogP contribution in [0.25, 0.3) is 56.2 Å². The molecule has 0 N–H and O–H groups in total. The quantitative estimate of drug-likeness (QED) is 0.294. The standard InChI is InChI=1S/C26H15ClN2O2/c27-19-10-6-9-18(26-29-21-12-2-4-14-23(21)31-26)24(19)16-7-5-8-17(15-16)25-28-20-11-1-3-13-22(20)30-25/h1-15H. The molecule has 0 aliphatic carbocycles. The van der Waals surface area contributed by atoms with Gasteiger partial charge in [0.25, 0.3) is 0 Å². The van der Waals surface area contributed by atoms with Crippen molar-refractivity contribution in [2.24, 2.45) is 0 Å². The van der Waals surface area contributed by atoms with Crippen molar-refractivity contribution in [3.63, 3.8) is 0 Å². The van der Waals surface area contributed by atoms with Crippen LogP contribution >= 0.6 is 11.6 Å². The van der Waals surface area contributed by atoms with Crippen molar-refractivity contribution in [1.29, 1.82) is 0 Å². The lowest BCUT2D eigenvalue weighted by Crippen LogP contribution is -1.88. The second kappa shape index (κ2) is 7.11. The fourth-order valence-electron chi connectivity index (χ4n) is 3.79.